The molecule has 0 aliphatic heterocycles. The second-order valence-electron chi connectivity index (χ2n) is 4.97. The van der Waals surface area contributed by atoms with Crippen LogP contribution >= 0.6 is 0 Å². The maximum atomic E-state index is 11.6. The van der Waals surface area contributed by atoms with Gasteiger partial charge in [-0.1, -0.05) is 45.2 Å². The van der Waals surface area contributed by atoms with E-state index in [1.54, 1.807) is 30.3 Å². The van der Waals surface area contributed by atoms with Crippen LogP contribution in [0.5, 0.6) is 5.75 Å². The first-order valence-electron chi connectivity index (χ1n) is 7.29. The van der Waals surface area contributed by atoms with Crippen LogP contribution in [0.3, 0.4) is 0 Å². The highest BCUT2D eigenvalue weighted by atomic mass is 16.5. The number of carbonyl (C=O) groups is 1. The van der Waals surface area contributed by atoms with Gasteiger partial charge in [-0.05, 0) is 36.1 Å². The van der Waals surface area contributed by atoms with Crippen LogP contribution in [-0.4, -0.2) is 17.7 Å². The summed E-state index contributed by atoms with van der Waals surface area (Å²) in [5, 5.41) is 9.16. The van der Waals surface area contributed by atoms with Gasteiger partial charge in [-0.3, -0.25) is 0 Å². The number of hydrogen-bond acceptors (Lipinski definition) is 3. The van der Waals surface area contributed by atoms with Gasteiger partial charge in [0.25, 0.3) is 0 Å². The van der Waals surface area contributed by atoms with Gasteiger partial charge in [0.2, 0.25) is 0 Å². The number of phenols is 1. The zero-order valence-corrected chi connectivity index (χ0v) is 12.3. The minimum atomic E-state index is -0.312. The molecule has 0 saturated heterocycles. The lowest BCUT2D eigenvalue weighted by Gasteiger charge is -2.13. The second kappa shape index (κ2) is 9.18. The Kier molecular flexibility index (Phi) is 7.48. The Morgan fingerprint density at radius 2 is 2.00 bits per heavy atom. The van der Waals surface area contributed by atoms with Crippen molar-refractivity contribution in [3.8, 4) is 5.75 Å². The fraction of sp³-hybridized carbons (Fsp3) is 0.471. The highest BCUT2D eigenvalue weighted by molar-refractivity contribution is 5.87. The Morgan fingerprint density at radius 1 is 1.30 bits per heavy atom. The molecule has 0 amide bonds. The standard InChI is InChI=1S/C17H24O3/c1-3-5-6-14(4-2)13-20-17(19)12-9-15-7-10-16(18)11-8-15/h7-12,14,18H,3-6,13H2,1-2H3. The lowest BCUT2D eigenvalue weighted by atomic mass is 10.0. The largest absolute Gasteiger partial charge is 0.508 e. The van der Waals surface area contributed by atoms with Gasteiger partial charge in [0.15, 0.2) is 0 Å². The zero-order chi connectivity index (χ0) is 14.8. The number of benzene rings is 1. The Bertz CT molecular complexity index is 420. The molecule has 0 aromatic heterocycles. The zero-order valence-electron chi connectivity index (χ0n) is 12.3. The highest BCUT2D eigenvalue weighted by Gasteiger charge is 2.08. The number of rotatable bonds is 8. The molecule has 3 nitrogen and oxygen atoms in total. The minimum Gasteiger partial charge on any atom is -0.508 e. The summed E-state index contributed by atoms with van der Waals surface area (Å²) in [7, 11) is 0. The van der Waals surface area contributed by atoms with E-state index < -0.39 is 0 Å². The van der Waals surface area contributed by atoms with E-state index in [1.807, 2.05) is 0 Å². The lowest BCUT2D eigenvalue weighted by molar-refractivity contribution is -0.139. The Labute approximate surface area is 121 Å². The molecule has 0 saturated carbocycles. The van der Waals surface area contributed by atoms with Gasteiger partial charge in [-0.2, -0.15) is 0 Å². The van der Waals surface area contributed by atoms with Gasteiger partial charge in [-0.15, -0.1) is 0 Å². The molecular weight excluding hydrogens is 252 g/mol. The summed E-state index contributed by atoms with van der Waals surface area (Å²) in [5.41, 5.74) is 0.859. The number of esters is 1. The number of unbranched alkanes of at least 4 members (excludes halogenated alkanes) is 1. The molecule has 1 aromatic rings. The van der Waals surface area contributed by atoms with Crippen LogP contribution in [0.25, 0.3) is 6.08 Å². The van der Waals surface area contributed by atoms with Gasteiger partial charge in [0.05, 0.1) is 6.61 Å². The smallest absolute Gasteiger partial charge is 0.330 e. The molecule has 1 aromatic carbocycles. The molecule has 0 fully saturated rings. The van der Waals surface area contributed by atoms with Gasteiger partial charge in [0, 0.05) is 6.08 Å². The summed E-state index contributed by atoms with van der Waals surface area (Å²) < 4.78 is 5.26. The van der Waals surface area contributed by atoms with Crippen molar-refractivity contribution in [3.63, 3.8) is 0 Å². The molecule has 0 aliphatic carbocycles. The third kappa shape index (κ3) is 6.41. The number of phenolic OH excluding ortho intramolecular Hbond substituents is 1. The monoisotopic (exact) mass is 276 g/mol. The van der Waals surface area contributed by atoms with E-state index in [0.29, 0.717) is 12.5 Å². The molecule has 0 heterocycles. The fourth-order valence-corrected chi connectivity index (χ4v) is 1.90. The average molecular weight is 276 g/mol. The van der Waals surface area contributed by atoms with Crippen molar-refractivity contribution >= 4 is 12.0 Å². The number of hydrogen-bond donors (Lipinski definition) is 1. The topological polar surface area (TPSA) is 46.5 Å². The predicted octanol–water partition coefficient (Wildman–Crippen LogP) is 4.17. The third-order valence-electron chi connectivity index (χ3n) is 3.31. The van der Waals surface area contributed by atoms with Crippen LogP contribution in [-0.2, 0) is 9.53 Å². The number of carbonyl (C=O) groups excluding carboxylic acids is 1. The van der Waals surface area contributed by atoms with Crippen molar-refractivity contribution in [1.82, 2.24) is 0 Å². The van der Waals surface area contributed by atoms with Gasteiger partial charge in [0.1, 0.15) is 5.75 Å². The summed E-state index contributed by atoms with van der Waals surface area (Å²) >= 11 is 0. The SMILES string of the molecule is CCCCC(CC)COC(=O)C=Cc1ccc(O)cc1. The van der Waals surface area contributed by atoms with Crippen LogP contribution < -0.4 is 0 Å². The summed E-state index contributed by atoms with van der Waals surface area (Å²) in [6.45, 7) is 4.79. The molecule has 3 heteroatoms. The molecule has 0 aliphatic rings. The molecule has 0 bridgehead atoms. The van der Waals surface area contributed by atoms with Crippen molar-refractivity contribution < 1.29 is 14.6 Å². The van der Waals surface area contributed by atoms with E-state index in [2.05, 4.69) is 13.8 Å². The first-order chi connectivity index (χ1) is 9.65. The second-order valence-corrected chi connectivity index (χ2v) is 4.97. The molecule has 20 heavy (non-hydrogen) atoms. The molecule has 1 unspecified atom stereocenters. The van der Waals surface area contributed by atoms with E-state index in [4.69, 9.17) is 9.84 Å². The van der Waals surface area contributed by atoms with Gasteiger partial charge >= 0.3 is 5.97 Å². The van der Waals surface area contributed by atoms with Gasteiger partial charge in [-0.25, -0.2) is 4.79 Å². The number of ether oxygens (including phenoxy) is 1. The van der Waals surface area contributed by atoms with Crippen molar-refractivity contribution in [3.05, 3.63) is 35.9 Å². The first-order valence-corrected chi connectivity index (χ1v) is 7.29. The Morgan fingerprint density at radius 3 is 2.60 bits per heavy atom. The quantitative estimate of drug-likeness (QED) is 0.572. The normalized spacial score (nSPS) is 12.5. The van der Waals surface area contributed by atoms with Crippen LogP contribution in [0, 0.1) is 5.92 Å². The van der Waals surface area contributed by atoms with Crippen molar-refractivity contribution in [2.75, 3.05) is 6.61 Å². The van der Waals surface area contributed by atoms with E-state index in [9.17, 15) is 4.79 Å². The van der Waals surface area contributed by atoms with Crippen molar-refractivity contribution in [1.29, 1.82) is 0 Å². The van der Waals surface area contributed by atoms with Gasteiger partial charge < -0.3 is 9.84 Å². The molecule has 1 atom stereocenters. The molecule has 0 radical (unpaired) electrons. The van der Waals surface area contributed by atoms with E-state index in [-0.39, 0.29) is 11.7 Å². The highest BCUT2D eigenvalue weighted by Crippen LogP contribution is 2.13. The maximum absolute atomic E-state index is 11.6. The first kappa shape index (κ1) is 16.3. The summed E-state index contributed by atoms with van der Waals surface area (Å²) in [6.07, 6.45) is 7.62. The van der Waals surface area contributed by atoms with E-state index >= 15 is 0 Å². The predicted molar refractivity (Wildman–Crippen MR) is 81.4 cm³/mol. The van der Waals surface area contributed by atoms with Crippen LogP contribution in [0.15, 0.2) is 30.3 Å². The minimum absolute atomic E-state index is 0.214. The summed E-state index contributed by atoms with van der Waals surface area (Å²) in [5.74, 6) is 0.362. The fourth-order valence-electron chi connectivity index (χ4n) is 1.90. The molecule has 0 spiro atoms. The van der Waals surface area contributed by atoms with E-state index in [0.717, 1.165) is 18.4 Å². The molecule has 1 rings (SSSR count). The van der Waals surface area contributed by atoms with Crippen LogP contribution in [0.2, 0.25) is 0 Å². The number of aromatic hydroxyl groups is 1. The molecule has 1 N–H and O–H groups in total. The van der Waals surface area contributed by atoms with E-state index in [1.165, 1.54) is 18.9 Å². The average Bonchev–Trinajstić information content (AvgIpc) is 2.47. The summed E-state index contributed by atoms with van der Waals surface area (Å²) in [4.78, 5) is 11.6. The Balaban J connectivity index is 2.37. The van der Waals surface area contributed by atoms with Crippen molar-refractivity contribution in [2.24, 2.45) is 5.92 Å². The van der Waals surface area contributed by atoms with Crippen molar-refractivity contribution in [2.45, 2.75) is 39.5 Å². The van der Waals surface area contributed by atoms with Crippen LogP contribution in [0.1, 0.15) is 45.1 Å². The lowest BCUT2D eigenvalue weighted by Crippen LogP contribution is -2.12. The third-order valence-corrected chi connectivity index (χ3v) is 3.31. The molecule has 110 valence electrons. The summed E-state index contributed by atoms with van der Waals surface area (Å²) in [6, 6.07) is 6.66. The maximum Gasteiger partial charge on any atom is 0.330 e. The molecular formula is C17H24O3. The Hall–Kier alpha value is -1.77. The van der Waals surface area contributed by atoms with Crippen LogP contribution in [0.4, 0.5) is 0 Å².